The molecule has 0 amide bonds. The average molecular weight is 400 g/mol. The fourth-order valence-corrected chi connectivity index (χ4v) is 3.32. The molecule has 0 radical (unpaired) electrons. The van der Waals surface area contributed by atoms with Gasteiger partial charge in [0.25, 0.3) is 0 Å². The van der Waals surface area contributed by atoms with Crippen molar-refractivity contribution in [1.29, 1.82) is 0 Å². The van der Waals surface area contributed by atoms with E-state index in [4.69, 9.17) is 9.47 Å². The lowest BCUT2D eigenvalue weighted by atomic mass is 9.99. The Bertz CT molecular complexity index is 611. The molecule has 0 aliphatic heterocycles. The molecule has 2 rings (SSSR count). The first kappa shape index (κ1) is 15.4. The normalized spacial score (nSPS) is 12.1. The number of methoxy groups -OCH3 is 2. The third-order valence-corrected chi connectivity index (χ3v) is 4.70. The van der Waals surface area contributed by atoms with Gasteiger partial charge < -0.3 is 9.47 Å². The van der Waals surface area contributed by atoms with Crippen LogP contribution >= 0.6 is 31.9 Å². The maximum Gasteiger partial charge on any atom is 0.123 e. The van der Waals surface area contributed by atoms with Gasteiger partial charge in [-0.2, -0.15) is 0 Å². The lowest BCUT2D eigenvalue weighted by molar-refractivity contribution is 0.399. The van der Waals surface area contributed by atoms with Gasteiger partial charge in [-0.05, 0) is 48.4 Å². The van der Waals surface area contributed by atoms with Crippen LogP contribution in [-0.4, -0.2) is 14.2 Å². The molecule has 4 heteroatoms. The molecule has 2 aromatic rings. The maximum absolute atomic E-state index is 5.46. The molecule has 0 saturated heterocycles. The van der Waals surface area contributed by atoms with Crippen molar-refractivity contribution in [1.82, 2.24) is 0 Å². The average Bonchev–Trinajstić information content (AvgIpc) is 2.48. The van der Waals surface area contributed by atoms with Crippen LogP contribution in [0.1, 0.15) is 21.5 Å². The van der Waals surface area contributed by atoms with Crippen LogP contribution in [0.4, 0.5) is 0 Å². The van der Waals surface area contributed by atoms with E-state index in [1.807, 2.05) is 24.3 Å². The summed E-state index contributed by atoms with van der Waals surface area (Å²) in [7, 11) is 3.35. The van der Waals surface area contributed by atoms with Gasteiger partial charge in [-0.15, -0.1) is 0 Å². The topological polar surface area (TPSA) is 18.5 Å². The zero-order valence-electron chi connectivity index (χ0n) is 11.6. The van der Waals surface area contributed by atoms with Crippen LogP contribution in [0, 0.1) is 6.92 Å². The molecule has 106 valence electrons. The zero-order chi connectivity index (χ0) is 14.7. The van der Waals surface area contributed by atoms with E-state index in [-0.39, 0.29) is 4.83 Å². The molecule has 20 heavy (non-hydrogen) atoms. The molecule has 1 atom stereocenters. The number of hydrogen-bond acceptors (Lipinski definition) is 2. The van der Waals surface area contributed by atoms with Crippen LogP contribution in [0.25, 0.3) is 0 Å². The fourth-order valence-electron chi connectivity index (χ4n) is 2.09. The van der Waals surface area contributed by atoms with Crippen molar-refractivity contribution in [3.8, 4) is 11.5 Å². The molecule has 0 aliphatic carbocycles. The summed E-state index contributed by atoms with van der Waals surface area (Å²) in [6.07, 6.45) is 0. The van der Waals surface area contributed by atoms with Crippen molar-refractivity contribution in [2.45, 2.75) is 11.8 Å². The van der Waals surface area contributed by atoms with Crippen molar-refractivity contribution < 1.29 is 9.47 Å². The van der Waals surface area contributed by atoms with E-state index in [9.17, 15) is 0 Å². The highest BCUT2D eigenvalue weighted by Gasteiger charge is 2.18. The Morgan fingerprint density at radius 2 is 1.70 bits per heavy atom. The Balaban J connectivity index is 2.51. The van der Waals surface area contributed by atoms with Gasteiger partial charge in [0, 0.05) is 10.0 Å². The maximum atomic E-state index is 5.46. The summed E-state index contributed by atoms with van der Waals surface area (Å²) >= 11 is 7.30. The van der Waals surface area contributed by atoms with Crippen LogP contribution in [0.15, 0.2) is 40.9 Å². The minimum Gasteiger partial charge on any atom is -0.497 e. The smallest absolute Gasteiger partial charge is 0.123 e. The molecule has 2 aromatic carbocycles. The van der Waals surface area contributed by atoms with E-state index < -0.39 is 0 Å². The zero-order valence-corrected chi connectivity index (χ0v) is 14.8. The monoisotopic (exact) mass is 398 g/mol. The second-order valence-corrected chi connectivity index (χ2v) is 6.30. The number of ether oxygens (including phenoxy) is 2. The van der Waals surface area contributed by atoms with Crippen LogP contribution in [0.2, 0.25) is 0 Å². The number of benzene rings is 2. The molecule has 0 aliphatic rings. The molecular formula is C16H16Br2O2. The molecule has 0 saturated carbocycles. The predicted octanol–water partition coefficient (Wildman–Crippen LogP) is 5.26. The second kappa shape index (κ2) is 6.64. The van der Waals surface area contributed by atoms with Crippen LogP contribution in [0.3, 0.4) is 0 Å². The third kappa shape index (κ3) is 3.18. The van der Waals surface area contributed by atoms with E-state index in [2.05, 4.69) is 50.9 Å². The van der Waals surface area contributed by atoms with Crippen molar-refractivity contribution in [2.24, 2.45) is 0 Å². The standard InChI is InChI=1S/C16H16Br2O2/c1-10-4-5-11(17)8-13(10)16(18)14-9-12(19-2)6-7-15(14)20-3/h4-9,16H,1-3H3. The molecule has 0 heterocycles. The minimum atomic E-state index is 0.0463. The molecule has 0 spiro atoms. The van der Waals surface area contributed by atoms with Gasteiger partial charge in [0.1, 0.15) is 11.5 Å². The lowest BCUT2D eigenvalue weighted by Gasteiger charge is -2.18. The Labute approximate surface area is 136 Å². The third-order valence-electron chi connectivity index (χ3n) is 3.22. The Hall–Kier alpha value is -1.00. The molecule has 2 nitrogen and oxygen atoms in total. The van der Waals surface area contributed by atoms with Crippen molar-refractivity contribution >= 4 is 31.9 Å². The van der Waals surface area contributed by atoms with E-state index in [1.54, 1.807) is 14.2 Å². The quantitative estimate of drug-likeness (QED) is 0.653. The van der Waals surface area contributed by atoms with Gasteiger partial charge >= 0.3 is 0 Å². The summed E-state index contributed by atoms with van der Waals surface area (Å²) in [6.45, 7) is 2.10. The first-order valence-electron chi connectivity index (χ1n) is 6.19. The largest absolute Gasteiger partial charge is 0.497 e. The highest BCUT2D eigenvalue weighted by atomic mass is 79.9. The van der Waals surface area contributed by atoms with Gasteiger partial charge in [-0.3, -0.25) is 0 Å². The lowest BCUT2D eigenvalue weighted by Crippen LogP contribution is -2.00. The fraction of sp³-hybridized carbons (Fsp3) is 0.250. The molecule has 1 unspecified atom stereocenters. The van der Waals surface area contributed by atoms with Crippen LogP contribution in [-0.2, 0) is 0 Å². The number of hydrogen-bond donors (Lipinski definition) is 0. The van der Waals surface area contributed by atoms with Crippen LogP contribution < -0.4 is 9.47 Å². The Kier molecular flexibility index (Phi) is 5.11. The number of alkyl halides is 1. The van der Waals surface area contributed by atoms with Gasteiger partial charge in [0.2, 0.25) is 0 Å². The summed E-state index contributed by atoms with van der Waals surface area (Å²) < 4.78 is 11.8. The van der Waals surface area contributed by atoms with E-state index in [0.717, 1.165) is 21.5 Å². The van der Waals surface area contributed by atoms with E-state index in [0.29, 0.717) is 0 Å². The van der Waals surface area contributed by atoms with Gasteiger partial charge in [-0.25, -0.2) is 0 Å². The molecule has 0 aromatic heterocycles. The molecule has 0 fully saturated rings. The van der Waals surface area contributed by atoms with Gasteiger partial charge in [0.05, 0.1) is 19.0 Å². The summed E-state index contributed by atoms with van der Waals surface area (Å²) in [6, 6.07) is 12.1. The SMILES string of the molecule is COc1ccc(OC)c(C(Br)c2cc(Br)ccc2C)c1. The number of aryl methyl sites for hydroxylation is 1. The first-order chi connectivity index (χ1) is 9.56. The number of halogens is 2. The first-order valence-corrected chi connectivity index (χ1v) is 7.89. The van der Waals surface area contributed by atoms with Crippen molar-refractivity contribution in [2.75, 3.05) is 14.2 Å². The second-order valence-electron chi connectivity index (χ2n) is 4.47. The molecule has 0 N–H and O–H groups in total. The van der Waals surface area contributed by atoms with Crippen LogP contribution in [0.5, 0.6) is 11.5 Å². The van der Waals surface area contributed by atoms with Gasteiger partial charge in [-0.1, -0.05) is 37.9 Å². The Morgan fingerprint density at radius 1 is 0.950 bits per heavy atom. The summed E-state index contributed by atoms with van der Waals surface area (Å²) in [5, 5.41) is 0. The van der Waals surface area contributed by atoms with E-state index >= 15 is 0 Å². The van der Waals surface area contributed by atoms with E-state index in [1.165, 1.54) is 11.1 Å². The number of rotatable bonds is 4. The highest BCUT2D eigenvalue weighted by molar-refractivity contribution is 9.10. The Morgan fingerprint density at radius 3 is 2.35 bits per heavy atom. The molecule has 0 bridgehead atoms. The van der Waals surface area contributed by atoms with Crippen molar-refractivity contribution in [3.63, 3.8) is 0 Å². The summed E-state index contributed by atoms with van der Waals surface area (Å²) in [5.74, 6) is 1.66. The predicted molar refractivity (Wildman–Crippen MR) is 89.2 cm³/mol. The summed E-state index contributed by atoms with van der Waals surface area (Å²) in [5.41, 5.74) is 3.47. The van der Waals surface area contributed by atoms with Crippen molar-refractivity contribution in [3.05, 3.63) is 57.6 Å². The highest BCUT2D eigenvalue weighted by Crippen LogP contribution is 2.40. The minimum absolute atomic E-state index is 0.0463. The summed E-state index contributed by atoms with van der Waals surface area (Å²) in [4.78, 5) is 0.0463. The molecular weight excluding hydrogens is 384 g/mol. The van der Waals surface area contributed by atoms with Gasteiger partial charge in [0.15, 0.2) is 0 Å².